The van der Waals surface area contributed by atoms with Gasteiger partial charge in [-0.2, -0.15) is 0 Å². The van der Waals surface area contributed by atoms with Crippen LogP contribution in [0, 0.1) is 0 Å². The van der Waals surface area contributed by atoms with Crippen LogP contribution in [0.3, 0.4) is 0 Å². The molecular formula is C12H14N2O2. The Balaban J connectivity index is 1.80. The molecule has 2 heterocycles. The van der Waals surface area contributed by atoms with Gasteiger partial charge in [0.05, 0.1) is 12.5 Å². The van der Waals surface area contributed by atoms with Crippen molar-refractivity contribution in [3.63, 3.8) is 0 Å². The van der Waals surface area contributed by atoms with E-state index in [2.05, 4.69) is 22.8 Å². The maximum Gasteiger partial charge on any atom is 0.308 e. The highest BCUT2D eigenvalue weighted by molar-refractivity contribution is 5.73. The number of benzene rings is 1. The zero-order chi connectivity index (χ0) is 11.0. The number of carbonyl (C=O) groups excluding carboxylic acids is 1. The molecule has 2 aliphatic heterocycles. The minimum atomic E-state index is -0.108. The van der Waals surface area contributed by atoms with Crippen LogP contribution in [0.1, 0.15) is 17.5 Å². The summed E-state index contributed by atoms with van der Waals surface area (Å²) in [6.07, 6.45) is 0.469. The van der Waals surface area contributed by atoms with Crippen molar-refractivity contribution >= 4 is 11.7 Å². The summed E-state index contributed by atoms with van der Waals surface area (Å²) >= 11 is 0. The summed E-state index contributed by atoms with van der Waals surface area (Å²) in [5.41, 5.74) is 3.79. The van der Waals surface area contributed by atoms with Crippen molar-refractivity contribution in [2.24, 2.45) is 0 Å². The smallest absolute Gasteiger partial charge is 0.308 e. The average Bonchev–Trinajstić information content (AvgIpc) is 2.87. The van der Waals surface area contributed by atoms with Gasteiger partial charge >= 0.3 is 5.97 Å². The average molecular weight is 218 g/mol. The Morgan fingerprint density at radius 3 is 3.12 bits per heavy atom. The van der Waals surface area contributed by atoms with E-state index < -0.39 is 0 Å². The molecule has 84 valence electrons. The van der Waals surface area contributed by atoms with E-state index in [0.717, 1.165) is 18.8 Å². The number of anilines is 1. The fraction of sp³-hybridized carbons (Fsp3) is 0.417. The van der Waals surface area contributed by atoms with Gasteiger partial charge in [0.1, 0.15) is 6.61 Å². The summed E-state index contributed by atoms with van der Waals surface area (Å²) in [5, 5.41) is 6.71. The largest absolute Gasteiger partial charge is 0.463 e. The number of ether oxygens (including phenoxy) is 1. The van der Waals surface area contributed by atoms with Crippen LogP contribution in [0.25, 0.3) is 0 Å². The number of hydrogen-bond donors (Lipinski definition) is 2. The summed E-state index contributed by atoms with van der Waals surface area (Å²) in [7, 11) is 0. The maximum absolute atomic E-state index is 11.0. The molecule has 0 aliphatic carbocycles. The first-order chi connectivity index (χ1) is 7.83. The van der Waals surface area contributed by atoms with Crippen molar-refractivity contribution in [3.8, 4) is 0 Å². The van der Waals surface area contributed by atoms with Gasteiger partial charge in [0, 0.05) is 18.8 Å². The molecule has 1 atom stereocenters. The molecule has 16 heavy (non-hydrogen) atoms. The van der Waals surface area contributed by atoms with Gasteiger partial charge in [-0.05, 0) is 17.2 Å². The predicted molar refractivity (Wildman–Crippen MR) is 60.0 cm³/mol. The fourth-order valence-corrected chi connectivity index (χ4v) is 2.29. The summed E-state index contributed by atoms with van der Waals surface area (Å²) in [6, 6.07) is 6.37. The van der Waals surface area contributed by atoms with Crippen LogP contribution >= 0.6 is 0 Å². The number of rotatable bonds is 2. The first kappa shape index (κ1) is 9.66. The van der Waals surface area contributed by atoms with Crippen molar-refractivity contribution in [2.45, 2.75) is 25.6 Å². The zero-order valence-electron chi connectivity index (χ0n) is 8.95. The van der Waals surface area contributed by atoms with Crippen molar-refractivity contribution < 1.29 is 9.53 Å². The Bertz CT molecular complexity index is 431. The molecule has 3 rings (SSSR count). The number of hydrogen-bond acceptors (Lipinski definition) is 4. The van der Waals surface area contributed by atoms with Gasteiger partial charge in [0.2, 0.25) is 0 Å². The second kappa shape index (κ2) is 3.79. The third kappa shape index (κ3) is 1.65. The summed E-state index contributed by atoms with van der Waals surface area (Å²) in [4.78, 5) is 11.0. The van der Waals surface area contributed by atoms with E-state index in [-0.39, 0.29) is 12.0 Å². The zero-order valence-corrected chi connectivity index (χ0v) is 8.95. The van der Waals surface area contributed by atoms with E-state index in [1.165, 1.54) is 11.1 Å². The molecule has 1 aromatic rings. The van der Waals surface area contributed by atoms with Crippen molar-refractivity contribution in [3.05, 3.63) is 29.3 Å². The molecule has 0 bridgehead atoms. The van der Waals surface area contributed by atoms with Crippen LogP contribution in [0.2, 0.25) is 0 Å². The third-order valence-corrected chi connectivity index (χ3v) is 3.11. The standard InChI is InChI=1S/C12H14N2O2/c15-12-4-9(7-16-12)14-11-3-1-2-8-5-13-6-10(8)11/h1-3,9,13-14H,4-7H2. The van der Waals surface area contributed by atoms with Gasteiger partial charge in [-0.3, -0.25) is 4.79 Å². The Morgan fingerprint density at radius 2 is 2.31 bits per heavy atom. The molecule has 4 heteroatoms. The van der Waals surface area contributed by atoms with Gasteiger partial charge < -0.3 is 15.4 Å². The minimum absolute atomic E-state index is 0.108. The number of cyclic esters (lactones) is 1. The number of esters is 1. The van der Waals surface area contributed by atoms with E-state index in [4.69, 9.17) is 4.74 Å². The highest BCUT2D eigenvalue weighted by Gasteiger charge is 2.24. The number of carbonyl (C=O) groups is 1. The molecule has 0 aromatic heterocycles. The van der Waals surface area contributed by atoms with Crippen molar-refractivity contribution in [2.75, 3.05) is 11.9 Å². The highest BCUT2D eigenvalue weighted by atomic mass is 16.5. The number of nitrogens with one attached hydrogen (secondary N) is 2. The lowest BCUT2D eigenvalue weighted by Crippen LogP contribution is -2.20. The molecule has 0 spiro atoms. The molecule has 1 fully saturated rings. The van der Waals surface area contributed by atoms with Gasteiger partial charge in [-0.15, -0.1) is 0 Å². The van der Waals surface area contributed by atoms with Crippen LogP contribution in [-0.4, -0.2) is 18.6 Å². The molecule has 0 saturated carbocycles. The Morgan fingerprint density at radius 1 is 1.38 bits per heavy atom. The molecule has 1 aromatic carbocycles. The van der Waals surface area contributed by atoms with Crippen LogP contribution in [0.5, 0.6) is 0 Å². The lowest BCUT2D eigenvalue weighted by Gasteiger charge is -2.14. The summed E-state index contributed by atoms with van der Waals surface area (Å²) in [5.74, 6) is -0.108. The maximum atomic E-state index is 11.0. The van der Waals surface area contributed by atoms with Gasteiger partial charge in [-0.1, -0.05) is 12.1 Å². The predicted octanol–water partition coefficient (Wildman–Crippen LogP) is 1.02. The van der Waals surface area contributed by atoms with Crippen molar-refractivity contribution in [1.29, 1.82) is 0 Å². The molecular weight excluding hydrogens is 204 g/mol. The molecule has 2 N–H and O–H groups in total. The lowest BCUT2D eigenvalue weighted by atomic mass is 10.1. The lowest BCUT2D eigenvalue weighted by molar-refractivity contribution is -0.137. The quantitative estimate of drug-likeness (QED) is 0.728. The van der Waals surface area contributed by atoms with Crippen LogP contribution in [-0.2, 0) is 22.6 Å². The molecule has 0 amide bonds. The fourth-order valence-electron chi connectivity index (χ4n) is 2.29. The SMILES string of the molecule is O=C1CC(Nc2cccc3c2CNC3)CO1. The summed E-state index contributed by atoms with van der Waals surface area (Å²) in [6.45, 7) is 2.32. The molecule has 4 nitrogen and oxygen atoms in total. The molecule has 0 radical (unpaired) electrons. The third-order valence-electron chi connectivity index (χ3n) is 3.11. The van der Waals surface area contributed by atoms with E-state index >= 15 is 0 Å². The molecule has 1 unspecified atom stereocenters. The Hall–Kier alpha value is -1.55. The van der Waals surface area contributed by atoms with E-state index in [0.29, 0.717) is 13.0 Å². The van der Waals surface area contributed by atoms with Crippen molar-refractivity contribution in [1.82, 2.24) is 5.32 Å². The van der Waals surface area contributed by atoms with Crippen LogP contribution < -0.4 is 10.6 Å². The monoisotopic (exact) mass is 218 g/mol. The van der Waals surface area contributed by atoms with Gasteiger partial charge in [0.25, 0.3) is 0 Å². The number of fused-ring (bicyclic) bond motifs is 1. The second-order valence-corrected chi connectivity index (χ2v) is 4.28. The van der Waals surface area contributed by atoms with Gasteiger partial charge in [-0.25, -0.2) is 0 Å². The van der Waals surface area contributed by atoms with E-state index in [1.54, 1.807) is 0 Å². The first-order valence-electron chi connectivity index (χ1n) is 5.56. The Kier molecular flexibility index (Phi) is 2.29. The van der Waals surface area contributed by atoms with E-state index in [1.807, 2.05) is 6.07 Å². The molecule has 1 saturated heterocycles. The van der Waals surface area contributed by atoms with Crippen LogP contribution in [0.15, 0.2) is 18.2 Å². The van der Waals surface area contributed by atoms with Crippen LogP contribution in [0.4, 0.5) is 5.69 Å². The second-order valence-electron chi connectivity index (χ2n) is 4.28. The normalized spacial score (nSPS) is 23.0. The topological polar surface area (TPSA) is 50.4 Å². The minimum Gasteiger partial charge on any atom is -0.463 e. The molecule has 2 aliphatic rings. The summed E-state index contributed by atoms with van der Waals surface area (Å²) < 4.78 is 4.94. The Labute approximate surface area is 94.0 Å². The van der Waals surface area contributed by atoms with Gasteiger partial charge in [0.15, 0.2) is 0 Å². The highest BCUT2D eigenvalue weighted by Crippen LogP contribution is 2.25. The first-order valence-corrected chi connectivity index (χ1v) is 5.56. The van der Waals surface area contributed by atoms with E-state index in [9.17, 15) is 4.79 Å².